The second-order valence-corrected chi connectivity index (χ2v) is 3.97. The highest BCUT2D eigenvalue weighted by atomic mass is 16.5. The summed E-state index contributed by atoms with van der Waals surface area (Å²) in [6.45, 7) is 4.25. The molecule has 0 aromatic heterocycles. The van der Waals surface area contributed by atoms with Crippen molar-refractivity contribution in [3.05, 3.63) is 29.3 Å². The summed E-state index contributed by atoms with van der Waals surface area (Å²) in [6, 6.07) is 5.54. The Morgan fingerprint density at radius 1 is 1.17 bits per heavy atom. The molecule has 1 rings (SSSR count). The van der Waals surface area contributed by atoms with Gasteiger partial charge in [0.1, 0.15) is 12.4 Å². The smallest absolute Gasteiger partial charge is 0.153 e. The first-order chi connectivity index (χ1) is 8.77. The number of aryl methyl sites for hydroxylation is 1. The molecule has 0 heterocycles. The molecule has 0 saturated carbocycles. The van der Waals surface area contributed by atoms with Crippen molar-refractivity contribution in [2.24, 2.45) is 0 Å². The van der Waals surface area contributed by atoms with E-state index < -0.39 is 0 Å². The number of benzene rings is 1. The van der Waals surface area contributed by atoms with Gasteiger partial charge in [-0.05, 0) is 25.5 Å². The average Bonchev–Trinajstić information content (AvgIpc) is 2.39. The van der Waals surface area contributed by atoms with Gasteiger partial charge in [-0.3, -0.25) is 4.79 Å². The molecular formula is C14H20O4. The lowest BCUT2D eigenvalue weighted by Crippen LogP contribution is -2.09. The van der Waals surface area contributed by atoms with Crippen molar-refractivity contribution in [3.8, 4) is 5.75 Å². The number of hydrogen-bond donors (Lipinski definition) is 0. The van der Waals surface area contributed by atoms with Crippen molar-refractivity contribution >= 4 is 6.29 Å². The molecule has 0 N–H and O–H groups in total. The average molecular weight is 252 g/mol. The molecule has 0 fully saturated rings. The molecule has 0 spiro atoms. The molecule has 1 aromatic rings. The van der Waals surface area contributed by atoms with E-state index in [1.165, 1.54) is 0 Å². The monoisotopic (exact) mass is 252 g/mol. The molecule has 0 aliphatic carbocycles. The Bertz CT molecular complexity index is 363. The zero-order chi connectivity index (χ0) is 13.2. The molecule has 0 unspecified atom stereocenters. The minimum Gasteiger partial charge on any atom is -0.490 e. The maximum absolute atomic E-state index is 10.9. The van der Waals surface area contributed by atoms with Crippen molar-refractivity contribution in [2.75, 3.05) is 33.5 Å². The predicted octanol–water partition coefficient (Wildman–Crippen LogP) is 2.24. The fraction of sp³-hybridized carbons (Fsp3) is 0.500. The van der Waals surface area contributed by atoms with Crippen LogP contribution in [0.2, 0.25) is 0 Å². The lowest BCUT2D eigenvalue weighted by molar-refractivity contribution is 0.0802. The highest BCUT2D eigenvalue weighted by Gasteiger charge is 2.02. The van der Waals surface area contributed by atoms with Crippen molar-refractivity contribution < 1.29 is 19.0 Å². The molecular weight excluding hydrogens is 232 g/mol. The lowest BCUT2D eigenvalue weighted by Gasteiger charge is -2.09. The molecule has 1 aromatic carbocycles. The third kappa shape index (κ3) is 5.29. The van der Waals surface area contributed by atoms with Crippen molar-refractivity contribution in [1.82, 2.24) is 0 Å². The first-order valence-electron chi connectivity index (χ1n) is 6.03. The van der Waals surface area contributed by atoms with Gasteiger partial charge in [0.15, 0.2) is 6.29 Å². The van der Waals surface area contributed by atoms with Crippen LogP contribution in [0, 0.1) is 6.92 Å². The molecule has 0 amide bonds. The number of carbonyl (C=O) groups is 1. The van der Waals surface area contributed by atoms with E-state index in [0.29, 0.717) is 37.7 Å². The maximum Gasteiger partial charge on any atom is 0.153 e. The Hall–Kier alpha value is -1.39. The Morgan fingerprint density at radius 3 is 2.72 bits per heavy atom. The summed E-state index contributed by atoms with van der Waals surface area (Å²) in [6.07, 6.45) is 1.68. The topological polar surface area (TPSA) is 44.8 Å². The number of hydrogen-bond acceptors (Lipinski definition) is 4. The molecule has 0 atom stereocenters. The van der Waals surface area contributed by atoms with Gasteiger partial charge in [-0.2, -0.15) is 0 Å². The summed E-state index contributed by atoms with van der Waals surface area (Å²) in [4.78, 5) is 10.9. The SMILES string of the molecule is COCCCOCCOc1ccc(C)cc1C=O. The number of ether oxygens (including phenoxy) is 3. The number of carbonyl (C=O) groups excluding carboxylic acids is 1. The van der Waals surface area contributed by atoms with E-state index in [-0.39, 0.29) is 0 Å². The largest absolute Gasteiger partial charge is 0.490 e. The summed E-state index contributed by atoms with van der Waals surface area (Å²) in [5.74, 6) is 0.607. The zero-order valence-corrected chi connectivity index (χ0v) is 11.0. The third-order valence-electron chi connectivity index (χ3n) is 2.41. The summed E-state index contributed by atoms with van der Waals surface area (Å²) >= 11 is 0. The van der Waals surface area contributed by atoms with Gasteiger partial charge in [0, 0.05) is 20.3 Å². The van der Waals surface area contributed by atoms with Crippen LogP contribution in [0.4, 0.5) is 0 Å². The van der Waals surface area contributed by atoms with E-state index >= 15 is 0 Å². The van der Waals surface area contributed by atoms with Crippen LogP contribution in [0.3, 0.4) is 0 Å². The molecule has 0 aliphatic heterocycles. The molecule has 4 nitrogen and oxygen atoms in total. The van der Waals surface area contributed by atoms with Gasteiger partial charge < -0.3 is 14.2 Å². The Labute approximate surface area is 108 Å². The van der Waals surface area contributed by atoms with E-state index in [1.807, 2.05) is 25.1 Å². The van der Waals surface area contributed by atoms with Crippen LogP contribution in [0.25, 0.3) is 0 Å². The lowest BCUT2D eigenvalue weighted by atomic mass is 10.1. The van der Waals surface area contributed by atoms with E-state index in [9.17, 15) is 4.79 Å². The van der Waals surface area contributed by atoms with Gasteiger partial charge in [0.2, 0.25) is 0 Å². The number of methoxy groups -OCH3 is 1. The van der Waals surface area contributed by atoms with Crippen LogP contribution in [0.5, 0.6) is 5.75 Å². The van der Waals surface area contributed by atoms with Crippen molar-refractivity contribution in [3.63, 3.8) is 0 Å². The quantitative estimate of drug-likeness (QED) is 0.499. The maximum atomic E-state index is 10.9. The predicted molar refractivity (Wildman–Crippen MR) is 69.4 cm³/mol. The number of rotatable bonds is 9. The second-order valence-electron chi connectivity index (χ2n) is 3.97. The van der Waals surface area contributed by atoms with Crippen LogP contribution >= 0.6 is 0 Å². The summed E-state index contributed by atoms with van der Waals surface area (Å²) in [7, 11) is 1.67. The zero-order valence-electron chi connectivity index (χ0n) is 11.0. The van der Waals surface area contributed by atoms with Crippen LogP contribution in [-0.2, 0) is 9.47 Å². The van der Waals surface area contributed by atoms with Gasteiger partial charge in [0.05, 0.1) is 12.2 Å². The van der Waals surface area contributed by atoms with Crippen molar-refractivity contribution in [2.45, 2.75) is 13.3 Å². The first kappa shape index (κ1) is 14.7. The van der Waals surface area contributed by atoms with Gasteiger partial charge in [-0.1, -0.05) is 11.6 Å². The minimum absolute atomic E-state index is 0.441. The summed E-state index contributed by atoms with van der Waals surface area (Å²) < 4.78 is 15.8. The van der Waals surface area contributed by atoms with E-state index in [4.69, 9.17) is 14.2 Å². The highest BCUT2D eigenvalue weighted by molar-refractivity contribution is 5.79. The minimum atomic E-state index is 0.441. The Kier molecular flexibility index (Phi) is 7.06. The molecule has 18 heavy (non-hydrogen) atoms. The second kappa shape index (κ2) is 8.66. The molecule has 0 aliphatic rings. The molecule has 0 radical (unpaired) electrons. The summed E-state index contributed by atoms with van der Waals surface area (Å²) in [5.41, 5.74) is 1.62. The normalized spacial score (nSPS) is 10.3. The Morgan fingerprint density at radius 2 is 2.00 bits per heavy atom. The summed E-state index contributed by atoms with van der Waals surface area (Å²) in [5, 5.41) is 0. The van der Waals surface area contributed by atoms with Crippen LogP contribution in [0.1, 0.15) is 22.3 Å². The van der Waals surface area contributed by atoms with Gasteiger partial charge in [0.25, 0.3) is 0 Å². The standard InChI is InChI=1S/C14H20O4/c1-12-4-5-14(13(10-12)11-15)18-9-8-17-7-3-6-16-2/h4-5,10-11H,3,6-9H2,1-2H3. The van der Waals surface area contributed by atoms with Crippen LogP contribution < -0.4 is 4.74 Å². The fourth-order valence-electron chi connectivity index (χ4n) is 1.51. The van der Waals surface area contributed by atoms with E-state index in [2.05, 4.69) is 0 Å². The van der Waals surface area contributed by atoms with Crippen molar-refractivity contribution in [1.29, 1.82) is 0 Å². The van der Waals surface area contributed by atoms with Gasteiger partial charge in [-0.25, -0.2) is 0 Å². The first-order valence-corrected chi connectivity index (χ1v) is 6.03. The van der Waals surface area contributed by atoms with Gasteiger partial charge in [-0.15, -0.1) is 0 Å². The fourth-order valence-corrected chi connectivity index (χ4v) is 1.51. The third-order valence-corrected chi connectivity index (χ3v) is 2.41. The van der Waals surface area contributed by atoms with Crippen LogP contribution in [0.15, 0.2) is 18.2 Å². The molecule has 4 heteroatoms. The molecule has 100 valence electrons. The van der Waals surface area contributed by atoms with Crippen LogP contribution in [-0.4, -0.2) is 39.8 Å². The van der Waals surface area contributed by atoms with E-state index in [1.54, 1.807) is 7.11 Å². The highest BCUT2D eigenvalue weighted by Crippen LogP contribution is 2.17. The molecule has 0 saturated heterocycles. The Balaban J connectivity index is 2.25. The van der Waals surface area contributed by atoms with Gasteiger partial charge >= 0.3 is 0 Å². The number of aldehydes is 1. The molecule has 0 bridgehead atoms. The van der Waals surface area contributed by atoms with E-state index in [0.717, 1.165) is 18.3 Å².